The molecule has 0 atom stereocenters. The van der Waals surface area contributed by atoms with Crippen LogP contribution in [0.25, 0.3) is 0 Å². The predicted molar refractivity (Wildman–Crippen MR) is 93.5 cm³/mol. The van der Waals surface area contributed by atoms with Gasteiger partial charge in [0.1, 0.15) is 0 Å². The topological polar surface area (TPSA) is 66.5 Å². The lowest BCUT2D eigenvalue weighted by atomic mass is 10.2. The summed E-state index contributed by atoms with van der Waals surface area (Å²) in [5.41, 5.74) is 1.43. The van der Waals surface area contributed by atoms with Gasteiger partial charge < -0.3 is 4.90 Å². The van der Waals surface area contributed by atoms with Crippen LogP contribution >= 0.6 is 11.6 Å². The molecule has 5 nitrogen and oxygen atoms in total. The van der Waals surface area contributed by atoms with E-state index in [1.54, 1.807) is 41.3 Å². The highest BCUT2D eigenvalue weighted by molar-refractivity contribution is 7.89. The Bertz CT molecular complexity index is 850. The highest BCUT2D eigenvalue weighted by Gasteiger charge is 2.22. The zero-order valence-corrected chi connectivity index (χ0v) is 14.5. The Morgan fingerprint density at radius 3 is 2.42 bits per heavy atom. The number of nitrogens with zero attached hydrogens (tertiary/aromatic N) is 1. The maximum Gasteiger partial charge on any atom is 0.240 e. The van der Waals surface area contributed by atoms with Crippen LogP contribution in [0.15, 0.2) is 53.4 Å². The summed E-state index contributed by atoms with van der Waals surface area (Å²) >= 11 is 6.03. The van der Waals surface area contributed by atoms with Gasteiger partial charge in [-0.3, -0.25) is 4.79 Å². The molecule has 0 aromatic heterocycles. The van der Waals surface area contributed by atoms with Crippen molar-refractivity contribution in [3.8, 4) is 0 Å². The van der Waals surface area contributed by atoms with Crippen LogP contribution in [0.3, 0.4) is 0 Å². The molecule has 1 saturated heterocycles. The van der Waals surface area contributed by atoms with Gasteiger partial charge in [0, 0.05) is 30.2 Å². The lowest BCUT2D eigenvalue weighted by Gasteiger charge is -2.16. The molecular weight excluding hydrogens is 348 g/mol. The van der Waals surface area contributed by atoms with Crippen molar-refractivity contribution in [3.63, 3.8) is 0 Å². The van der Waals surface area contributed by atoms with Gasteiger partial charge in [0.2, 0.25) is 15.9 Å². The average Bonchev–Trinajstić information content (AvgIpc) is 3.00. The number of benzene rings is 2. The van der Waals surface area contributed by atoms with Crippen molar-refractivity contribution in [2.75, 3.05) is 11.4 Å². The van der Waals surface area contributed by atoms with Crippen molar-refractivity contribution in [1.82, 2.24) is 4.72 Å². The Kier molecular flexibility index (Phi) is 4.89. The smallest absolute Gasteiger partial charge is 0.240 e. The van der Waals surface area contributed by atoms with Crippen molar-refractivity contribution in [3.05, 3.63) is 59.1 Å². The summed E-state index contributed by atoms with van der Waals surface area (Å²) in [6.07, 6.45) is 1.37. The first-order valence-corrected chi connectivity index (χ1v) is 9.47. The number of sulfonamides is 1. The van der Waals surface area contributed by atoms with Crippen LogP contribution in [-0.2, 0) is 21.4 Å². The van der Waals surface area contributed by atoms with Crippen molar-refractivity contribution < 1.29 is 13.2 Å². The van der Waals surface area contributed by atoms with Crippen molar-refractivity contribution in [1.29, 1.82) is 0 Å². The van der Waals surface area contributed by atoms with Gasteiger partial charge in [0.25, 0.3) is 0 Å². The zero-order chi connectivity index (χ0) is 17.2. The largest absolute Gasteiger partial charge is 0.312 e. The second-order valence-corrected chi connectivity index (χ2v) is 7.73. The number of hydrogen-bond acceptors (Lipinski definition) is 3. The first-order valence-electron chi connectivity index (χ1n) is 7.61. The number of carbonyl (C=O) groups is 1. The van der Waals surface area contributed by atoms with Crippen LogP contribution in [0, 0.1) is 0 Å². The van der Waals surface area contributed by atoms with E-state index in [1.165, 1.54) is 12.1 Å². The van der Waals surface area contributed by atoms with E-state index in [9.17, 15) is 13.2 Å². The Morgan fingerprint density at radius 2 is 1.79 bits per heavy atom. The van der Waals surface area contributed by atoms with Crippen LogP contribution in [0.4, 0.5) is 5.69 Å². The van der Waals surface area contributed by atoms with Gasteiger partial charge in [-0.1, -0.05) is 29.8 Å². The second kappa shape index (κ2) is 6.93. The Morgan fingerprint density at radius 1 is 1.08 bits per heavy atom. The van der Waals surface area contributed by atoms with Crippen LogP contribution in [-0.4, -0.2) is 20.9 Å². The maximum absolute atomic E-state index is 12.4. The van der Waals surface area contributed by atoms with Crippen LogP contribution < -0.4 is 9.62 Å². The van der Waals surface area contributed by atoms with Gasteiger partial charge in [0.15, 0.2) is 0 Å². The Labute approximate surface area is 146 Å². The number of hydrogen-bond donors (Lipinski definition) is 1. The second-order valence-electron chi connectivity index (χ2n) is 5.56. The number of carbonyl (C=O) groups excluding carboxylic acids is 1. The molecule has 0 saturated carbocycles. The first-order chi connectivity index (χ1) is 11.5. The summed E-state index contributed by atoms with van der Waals surface area (Å²) in [7, 11) is -3.64. The van der Waals surface area contributed by atoms with Crippen LogP contribution in [0.2, 0.25) is 5.02 Å². The zero-order valence-electron chi connectivity index (χ0n) is 12.9. The highest BCUT2D eigenvalue weighted by atomic mass is 35.5. The number of anilines is 1. The van der Waals surface area contributed by atoms with Gasteiger partial charge >= 0.3 is 0 Å². The molecule has 1 amide bonds. The molecule has 1 aliphatic heterocycles. The third-order valence-electron chi connectivity index (χ3n) is 3.94. The molecule has 0 aliphatic carbocycles. The van der Waals surface area contributed by atoms with E-state index in [1.807, 2.05) is 0 Å². The van der Waals surface area contributed by atoms with E-state index < -0.39 is 10.0 Å². The molecule has 1 aliphatic rings. The molecule has 7 heteroatoms. The van der Waals surface area contributed by atoms with E-state index in [4.69, 9.17) is 11.6 Å². The van der Waals surface area contributed by atoms with E-state index >= 15 is 0 Å². The van der Waals surface area contributed by atoms with E-state index in [2.05, 4.69) is 4.72 Å². The lowest BCUT2D eigenvalue weighted by molar-refractivity contribution is -0.117. The predicted octanol–water partition coefficient (Wildman–Crippen LogP) is 2.95. The van der Waals surface area contributed by atoms with Gasteiger partial charge in [-0.15, -0.1) is 0 Å². The number of halogens is 1. The van der Waals surface area contributed by atoms with E-state index in [-0.39, 0.29) is 17.3 Å². The molecule has 0 spiro atoms. The fraction of sp³-hybridized carbons (Fsp3) is 0.235. The van der Waals surface area contributed by atoms with Crippen LogP contribution in [0.1, 0.15) is 18.4 Å². The lowest BCUT2D eigenvalue weighted by Crippen LogP contribution is -2.25. The third kappa shape index (κ3) is 3.61. The standard InChI is InChI=1S/C17H17ClN2O3S/c18-16-5-2-1-4-13(16)12-19-24(22,23)15-9-7-14(8-10-15)20-11-3-6-17(20)21/h1-2,4-5,7-10,19H,3,6,11-12H2. The number of rotatable bonds is 5. The molecule has 2 aromatic rings. The Hall–Kier alpha value is -1.89. The van der Waals surface area contributed by atoms with Gasteiger partial charge in [-0.05, 0) is 42.3 Å². The van der Waals surface area contributed by atoms with Crippen LogP contribution in [0.5, 0.6) is 0 Å². The van der Waals surface area contributed by atoms with E-state index in [0.29, 0.717) is 23.6 Å². The van der Waals surface area contributed by atoms with Crippen molar-refractivity contribution >= 4 is 33.2 Å². The summed E-state index contributed by atoms with van der Waals surface area (Å²) < 4.78 is 27.3. The molecule has 126 valence electrons. The number of nitrogens with one attached hydrogen (secondary N) is 1. The molecule has 24 heavy (non-hydrogen) atoms. The minimum Gasteiger partial charge on any atom is -0.312 e. The highest BCUT2D eigenvalue weighted by Crippen LogP contribution is 2.23. The van der Waals surface area contributed by atoms with Gasteiger partial charge in [-0.25, -0.2) is 13.1 Å². The Balaban J connectivity index is 1.73. The van der Waals surface area contributed by atoms with Gasteiger partial charge in [0.05, 0.1) is 4.90 Å². The molecule has 0 unspecified atom stereocenters. The average molecular weight is 365 g/mol. The molecule has 1 fully saturated rings. The maximum atomic E-state index is 12.4. The van der Waals surface area contributed by atoms with E-state index in [0.717, 1.165) is 12.1 Å². The minimum absolute atomic E-state index is 0.0717. The molecule has 1 heterocycles. The summed E-state index contributed by atoms with van der Waals surface area (Å²) in [6.45, 7) is 0.796. The molecule has 0 bridgehead atoms. The quantitative estimate of drug-likeness (QED) is 0.887. The molecule has 1 N–H and O–H groups in total. The first kappa shape index (κ1) is 17.0. The normalized spacial score (nSPS) is 15.0. The molecule has 2 aromatic carbocycles. The summed E-state index contributed by atoms with van der Waals surface area (Å²) in [5, 5.41) is 0.517. The molecule has 3 rings (SSSR count). The van der Waals surface area contributed by atoms with Crippen molar-refractivity contribution in [2.45, 2.75) is 24.3 Å². The summed E-state index contributed by atoms with van der Waals surface area (Å²) in [6, 6.07) is 13.4. The number of amides is 1. The summed E-state index contributed by atoms with van der Waals surface area (Å²) in [5.74, 6) is 0.0717. The minimum atomic E-state index is -3.64. The SMILES string of the molecule is O=C1CCCN1c1ccc(S(=O)(=O)NCc2ccccc2Cl)cc1. The fourth-order valence-corrected chi connectivity index (χ4v) is 3.83. The van der Waals surface area contributed by atoms with Crippen molar-refractivity contribution in [2.24, 2.45) is 0 Å². The fourth-order valence-electron chi connectivity index (χ4n) is 2.62. The third-order valence-corrected chi connectivity index (χ3v) is 5.73. The molecular formula is C17H17ClN2O3S. The van der Waals surface area contributed by atoms with Gasteiger partial charge in [-0.2, -0.15) is 0 Å². The summed E-state index contributed by atoms with van der Waals surface area (Å²) in [4.78, 5) is 13.6. The monoisotopic (exact) mass is 364 g/mol. The molecule has 0 radical (unpaired) electrons.